The van der Waals surface area contributed by atoms with Crippen molar-refractivity contribution in [1.82, 2.24) is 14.7 Å². The van der Waals surface area contributed by atoms with Crippen molar-refractivity contribution < 1.29 is 9.53 Å². The lowest BCUT2D eigenvalue weighted by Crippen LogP contribution is -2.46. The molecule has 0 aliphatic carbocycles. The topological polar surface area (TPSA) is 62.1 Å². The number of carbonyl (C=O) groups is 1. The molecule has 1 saturated heterocycles. The molecule has 0 bridgehead atoms. The van der Waals surface area contributed by atoms with E-state index in [9.17, 15) is 4.79 Å². The number of benzene rings is 2. The molecule has 198 valence electrons. The molecular formula is C29H35N5O2P2. The number of hydrogen-bond acceptors (Lipinski definition) is 5. The normalized spacial score (nSPS) is 13.8. The van der Waals surface area contributed by atoms with E-state index in [1.807, 2.05) is 48.7 Å². The van der Waals surface area contributed by atoms with Gasteiger partial charge in [0.05, 0.1) is 5.69 Å². The molecule has 5 rings (SSSR count). The highest BCUT2D eigenvalue weighted by Gasteiger charge is 2.19. The minimum atomic E-state index is -0.0956. The molecule has 0 saturated carbocycles. The second-order valence-electron chi connectivity index (χ2n) is 9.59. The highest BCUT2D eigenvalue weighted by atomic mass is 31.1. The van der Waals surface area contributed by atoms with Crippen LogP contribution in [0.25, 0.3) is 5.65 Å². The predicted octanol–water partition coefficient (Wildman–Crippen LogP) is 4.87. The van der Waals surface area contributed by atoms with Gasteiger partial charge in [-0.25, -0.2) is 4.98 Å². The molecule has 1 fully saturated rings. The Labute approximate surface area is 229 Å². The van der Waals surface area contributed by atoms with Gasteiger partial charge in [-0.05, 0) is 66.9 Å². The standard InChI is InChI=1S/C29H35N5O2P2/c1-3-25-27(34-19-20(2)4-13-26(34)31-25)28(35)30-18-21-5-7-22(8-6-21)32-14-16-33(17-15-32)23-9-11-24(12-10-23)36-29(37)38/h4-13,19,29H,3,14-18,37-38H2,1-2H3,(H,30,35). The molecule has 1 N–H and O–H groups in total. The second kappa shape index (κ2) is 11.7. The van der Waals surface area contributed by atoms with Crippen LogP contribution < -0.4 is 19.9 Å². The van der Waals surface area contributed by atoms with Crippen LogP contribution in [0.4, 0.5) is 11.4 Å². The van der Waals surface area contributed by atoms with Gasteiger partial charge in [0, 0.05) is 50.3 Å². The zero-order valence-corrected chi connectivity index (χ0v) is 24.2. The summed E-state index contributed by atoms with van der Waals surface area (Å²) in [6.45, 7) is 8.37. The number of nitrogens with zero attached hydrogens (tertiary/aromatic N) is 4. The molecule has 7 nitrogen and oxygen atoms in total. The number of amides is 1. The van der Waals surface area contributed by atoms with Crippen LogP contribution in [-0.4, -0.2) is 47.1 Å². The summed E-state index contributed by atoms with van der Waals surface area (Å²) in [6.07, 6.45) is 2.68. The summed E-state index contributed by atoms with van der Waals surface area (Å²) < 4.78 is 7.60. The molecule has 0 radical (unpaired) electrons. The lowest BCUT2D eigenvalue weighted by Gasteiger charge is -2.37. The molecule has 38 heavy (non-hydrogen) atoms. The molecule has 1 aliphatic heterocycles. The van der Waals surface area contributed by atoms with E-state index in [4.69, 9.17) is 4.74 Å². The minimum Gasteiger partial charge on any atom is -0.483 e. The van der Waals surface area contributed by atoms with E-state index in [1.54, 1.807) is 0 Å². The van der Waals surface area contributed by atoms with Crippen LogP contribution in [0.5, 0.6) is 5.75 Å². The molecular weight excluding hydrogens is 512 g/mol. The smallest absolute Gasteiger partial charge is 0.270 e. The first-order valence-corrected chi connectivity index (χ1v) is 14.4. The Hall–Kier alpha value is -3.14. The number of imidazole rings is 1. The predicted molar refractivity (Wildman–Crippen MR) is 162 cm³/mol. The molecule has 3 heterocycles. The number of carbonyl (C=O) groups excluding carboxylic acids is 1. The van der Waals surface area contributed by atoms with Crippen molar-refractivity contribution in [3.05, 3.63) is 89.4 Å². The Balaban J connectivity index is 1.16. The van der Waals surface area contributed by atoms with Crippen LogP contribution in [0.3, 0.4) is 0 Å². The summed E-state index contributed by atoms with van der Waals surface area (Å²) in [6, 6.07) is 20.8. The molecule has 9 heteroatoms. The Kier molecular flexibility index (Phi) is 8.16. The third kappa shape index (κ3) is 5.95. The number of aryl methyl sites for hydroxylation is 2. The second-order valence-corrected chi connectivity index (χ2v) is 11.7. The SMILES string of the molecule is CCc1nc2ccc(C)cn2c1C(=O)NCc1ccc(N2CCN(c3ccc(OC(P)P)cc3)CC2)cc1. The molecule has 2 aromatic carbocycles. The van der Waals surface area contributed by atoms with Crippen molar-refractivity contribution in [2.75, 3.05) is 36.0 Å². The van der Waals surface area contributed by atoms with Gasteiger partial charge in [-0.1, -0.05) is 43.6 Å². The summed E-state index contributed by atoms with van der Waals surface area (Å²) in [5.41, 5.74) is 6.86. The highest BCUT2D eigenvalue weighted by molar-refractivity contribution is 7.37. The monoisotopic (exact) mass is 547 g/mol. The summed E-state index contributed by atoms with van der Waals surface area (Å²) in [4.78, 5) is 22.6. The van der Waals surface area contributed by atoms with E-state index in [0.717, 1.165) is 54.4 Å². The Morgan fingerprint density at radius 3 is 2.13 bits per heavy atom. The van der Waals surface area contributed by atoms with E-state index in [0.29, 0.717) is 18.7 Å². The summed E-state index contributed by atoms with van der Waals surface area (Å²) in [5.74, 6) is 0.778. The number of pyridine rings is 1. The van der Waals surface area contributed by atoms with Crippen LogP contribution in [-0.2, 0) is 13.0 Å². The Morgan fingerprint density at radius 1 is 0.947 bits per heavy atom. The van der Waals surface area contributed by atoms with Gasteiger partial charge in [0.2, 0.25) is 0 Å². The third-order valence-electron chi connectivity index (χ3n) is 6.90. The van der Waals surface area contributed by atoms with Gasteiger partial charge in [-0.3, -0.25) is 9.20 Å². The number of piperazine rings is 1. The summed E-state index contributed by atoms with van der Waals surface area (Å²) in [7, 11) is 5.23. The average molecular weight is 548 g/mol. The molecule has 4 aromatic rings. The highest BCUT2D eigenvalue weighted by Crippen LogP contribution is 2.25. The lowest BCUT2D eigenvalue weighted by atomic mass is 10.1. The number of hydrogen-bond donors (Lipinski definition) is 1. The first kappa shape index (κ1) is 26.5. The number of fused-ring (bicyclic) bond motifs is 1. The first-order chi connectivity index (χ1) is 18.4. The zero-order valence-electron chi connectivity index (χ0n) is 21.9. The number of ether oxygens (including phenoxy) is 1. The zero-order chi connectivity index (χ0) is 26.6. The van der Waals surface area contributed by atoms with E-state index < -0.39 is 0 Å². The number of anilines is 2. The maximum absolute atomic E-state index is 13.1. The quantitative estimate of drug-likeness (QED) is 0.319. The van der Waals surface area contributed by atoms with E-state index >= 15 is 0 Å². The molecule has 2 atom stereocenters. The molecule has 1 amide bonds. The molecule has 1 aliphatic rings. The van der Waals surface area contributed by atoms with Crippen molar-refractivity contribution in [3.8, 4) is 5.75 Å². The maximum Gasteiger partial charge on any atom is 0.270 e. The van der Waals surface area contributed by atoms with Crippen molar-refractivity contribution in [2.24, 2.45) is 0 Å². The summed E-state index contributed by atoms with van der Waals surface area (Å²) >= 11 is 0. The van der Waals surface area contributed by atoms with Crippen molar-refractivity contribution in [2.45, 2.75) is 32.4 Å². The minimum absolute atomic E-state index is 0.0161. The van der Waals surface area contributed by atoms with Gasteiger partial charge in [-0.15, -0.1) is 0 Å². The van der Waals surface area contributed by atoms with Gasteiger partial charge < -0.3 is 19.9 Å². The van der Waals surface area contributed by atoms with Gasteiger partial charge in [0.1, 0.15) is 22.7 Å². The molecule has 0 spiro atoms. The van der Waals surface area contributed by atoms with Crippen LogP contribution in [0.1, 0.15) is 34.2 Å². The van der Waals surface area contributed by atoms with Crippen LogP contribution in [0.2, 0.25) is 0 Å². The maximum atomic E-state index is 13.1. The average Bonchev–Trinajstić information content (AvgIpc) is 3.30. The first-order valence-electron chi connectivity index (χ1n) is 13.0. The number of aromatic nitrogens is 2. The van der Waals surface area contributed by atoms with Crippen molar-refractivity contribution in [3.63, 3.8) is 0 Å². The Morgan fingerprint density at radius 2 is 1.55 bits per heavy atom. The fourth-order valence-corrected chi connectivity index (χ4v) is 5.21. The summed E-state index contributed by atoms with van der Waals surface area (Å²) in [5, 5.41) is 3.09. The van der Waals surface area contributed by atoms with Crippen molar-refractivity contribution in [1.29, 1.82) is 0 Å². The van der Waals surface area contributed by atoms with E-state index in [2.05, 4.69) is 75.0 Å². The van der Waals surface area contributed by atoms with Gasteiger partial charge >= 0.3 is 0 Å². The third-order valence-corrected chi connectivity index (χ3v) is 7.17. The molecule has 2 aromatic heterocycles. The van der Waals surface area contributed by atoms with Crippen LogP contribution in [0.15, 0.2) is 66.9 Å². The Bertz CT molecular complexity index is 1400. The largest absolute Gasteiger partial charge is 0.483 e. The van der Waals surface area contributed by atoms with E-state index in [-0.39, 0.29) is 11.5 Å². The van der Waals surface area contributed by atoms with Crippen LogP contribution in [0, 0.1) is 6.92 Å². The number of nitrogens with one attached hydrogen (secondary N) is 1. The van der Waals surface area contributed by atoms with Crippen molar-refractivity contribution >= 4 is 41.4 Å². The fraction of sp³-hybridized carbons (Fsp3) is 0.310. The molecule has 2 unspecified atom stereocenters. The lowest BCUT2D eigenvalue weighted by molar-refractivity contribution is 0.0944. The van der Waals surface area contributed by atoms with Gasteiger partial charge in [-0.2, -0.15) is 0 Å². The van der Waals surface area contributed by atoms with Crippen LogP contribution >= 0.6 is 18.5 Å². The van der Waals surface area contributed by atoms with Gasteiger partial charge in [0.15, 0.2) is 0 Å². The van der Waals surface area contributed by atoms with Gasteiger partial charge in [0.25, 0.3) is 5.91 Å². The van der Waals surface area contributed by atoms with E-state index in [1.165, 1.54) is 11.4 Å². The number of rotatable bonds is 8. The fourth-order valence-electron chi connectivity index (χ4n) is 4.89.